The molecule has 82 valence electrons. The first kappa shape index (κ1) is 10.7. The molecule has 1 aliphatic rings. The van der Waals surface area contributed by atoms with Gasteiger partial charge in [0.15, 0.2) is 0 Å². The second-order valence-electron chi connectivity index (χ2n) is 3.99. The van der Waals surface area contributed by atoms with Gasteiger partial charge < -0.3 is 10.6 Å². The highest BCUT2D eigenvalue weighted by Gasteiger charge is 2.20. The van der Waals surface area contributed by atoms with Crippen LogP contribution in [0.2, 0.25) is 5.02 Å². The molecule has 1 fully saturated rings. The van der Waals surface area contributed by atoms with Gasteiger partial charge in [-0.3, -0.25) is 4.98 Å². The summed E-state index contributed by atoms with van der Waals surface area (Å²) in [6.45, 7) is 3.31. The molecule has 0 spiro atoms. The fraction of sp³-hybridized carbons (Fsp3) is 0.545. The zero-order valence-corrected chi connectivity index (χ0v) is 9.59. The van der Waals surface area contributed by atoms with E-state index in [1.54, 1.807) is 12.4 Å². The number of halogens is 1. The van der Waals surface area contributed by atoms with E-state index < -0.39 is 0 Å². The lowest BCUT2D eigenvalue weighted by atomic mass is 10.00. The van der Waals surface area contributed by atoms with E-state index in [9.17, 15) is 0 Å². The maximum Gasteiger partial charge on any atom is 0.0820 e. The van der Waals surface area contributed by atoms with E-state index in [2.05, 4.69) is 22.5 Å². The van der Waals surface area contributed by atoms with E-state index in [1.807, 2.05) is 6.07 Å². The molecule has 2 rings (SSSR count). The van der Waals surface area contributed by atoms with Gasteiger partial charge in [-0.15, -0.1) is 0 Å². The van der Waals surface area contributed by atoms with Gasteiger partial charge in [-0.25, -0.2) is 0 Å². The van der Waals surface area contributed by atoms with Crippen LogP contribution in [0.1, 0.15) is 19.8 Å². The molecule has 0 aliphatic carbocycles. The third-order valence-corrected chi connectivity index (χ3v) is 3.18. The molecule has 2 unspecified atom stereocenters. The number of anilines is 1. The van der Waals surface area contributed by atoms with Crippen LogP contribution in [0.5, 0.6) is 0 Å². The minimum atomic E-state index is 0.457. The molecule has 0 bridgehead atoms. The molecule has 3 nitrogen and oxygen atoms in total. The van der Waals surface area contributed by atoms with E-state index in [4.69, 9.17) is 11.6 Å². The van der Waals surface area contributed by atoms with Gasteiger partial charge in [0.1, 0.15) is 0 Å². The number of pyridine rings is 1. The molecule has 1 saturated heterocycles. The van der Waals surface area contributed by atoms with Crippen molar-refractivity contribution in [3.05, 3.63) is 23.5 Å². The smallest absolute Gasteiger partial charge is 0.0820 e. The molecule has 0 aromatic carbocycles. The zero-order chi connectivity index (χ0) is 10.7. The molecule has 2 atom stereocenters. The molecule has 1 aliphatic heterocycles. The van der Waals surface area contributed by atoms with E-state index in [1.165, 1.54) is 12.8 Å². The largest absolute Gasteiger partial charge is 0.379 e. The van der Waals surface area contributed by atoms with Crippen molar-refractivity contribution in [3.63, 3.8) is 0 Å². The SMILES string of the molecule is CC1NCCCC1Nc1ccncc1Cl. The summed E-state index contributed by atoms with van der Waals surface area (Å²) < 4.78 is 0. The van der Waals surface area contributed by atoms with Crippen molar-refractivity contribution < 1.29 is 0 Å². The fourth-order valence-electron chi connectivity index (χ4n) is 1.93. The second kappa shape index (κ2) is 4.81. The average Bonchev–Trinajstić information content (AvgIpc) is 2.24. The Morgan fingerprint density at radius 3 is 3.20 bits per heavy atom. The van der Waals surface area contributed by atoms with E-state index in [-0.39, 0.29) is 0 Å². The summed E-state index contributed by atoms with van der Waals surface area (Å²) in [7, 11) is 0. The fourth-order valence-corrected chi connectivity index (χ4v) is 2.11. The zero-order valence-electron chi connectivity index (χ0n) is 8.83. The number of nitrogens with zero attached hydrogens (tertiary/aromatic N) is 1. The van der Waals surface area contributed by atoms with Crippen LogP contribution in [-0.4, -0.2) is 23.6 Å². The molecule has 0 radical (unpaired) electrons. The van der Waals surface area contributed by atoms with Gasteiger partial charge in [-0.05, 0) is 32.4 Å². The summed E-state index contributed by atoms with van der Waals surface area (Å²) >= 11 is 6.05. The predicted octanol–water partition coefficient (Wildman–Crippen LogP) is 2.29. The molecule has 0 saturated carbocycles. The second-order valence-corrected chi connectivity index (χ2v) is 4.40. The van der Waals surface area contributed by atoms with Crippen LogP contribution >= 0.6 is 11.6 Å². The minimum absolute atomic E-state index is 0.457. The minimum Gasteiger partial charge on any atom is -0.379 e. The standard InChI is InChI=1S/C11H16ClN3/c1-8-10(3-2-5-14-8)15-11-4-6-13-7-9(11)12/h4,6-8,10,14H,2-3,5H2,1H3,(H,13,15). The molecular weight excluding hydrogens is 210 g/mol. The third kappa shape index (κ3) is 2.61. The number of hydrogen-bond donors (Lipinski definition) is 2. The maximum absolute atomic E-state index is 6.05. The molecule has 0 amide bonds. The van der Waals surface area contributed by atoms with Crippen molar-refractivity contribution in [1.29, 1.82) is 0 Å². The topological polar surface area (TPSA) is 37.0 Å². The molecule has 15 heavy (non-hydrogen) atoms. The van der Waals surface area contributed by atoms with Crippen LogP contribution in [-0.2, 0) is 0 Å². The molecule has 1 aromatic rings. The van der Waals surface area contributed by atoms with E-state index in [0.29, 0.717) is 17.1 Å². The van der Waals surface area contributed by atoms with Crippen LogP contribution in [0.25, 0.3) is 0 Å². The van der Waals surface area contributed by atoms with Crippen molar-refractivity contribution in [2.45, 2.75) is 31.8 Å². The first-order valence-electron chi connectivity index (χ1n) is 5.37. The quantitative estimate of drug-likeness (QED) is 0.811. The Hall–Kier alpha value is -0.800. The van der Waals surface area contributed by atoms with Gasteiger partial charge in [0.25, 0.3) is 0 Å². The van der Waals surface area contributed by atoms with Crippen molar-refractivity contribution in [2.24, 2.45) is 0 Å². The lowest BCUT2D eigenvalue weighted by Gasteiger charge is -2.31. The van der Waals surface area contributed by atoms with Gasteiger partial charge >= 0.3 is 0 Å². The van der Waals surface area contributed by atoms with Crippen LogP contribution in [0.15, 0.2) is 18.5 Å². The van der Waals surface area contributed by atoms with E-state index >= 15 is 0 Å². The van der Waals surface area contributed by atoms with Gasteiger partial charge in [0, 0.05) is 24.5 Å². The molecule has 1 aromatic heterocycles. The Morgan fingerprint density at radius 2 is 2.47 bits per heavy atom. The van der Waals surface area contributed by atoms with Gasteiger partial charge in [-0.2, -0.15) is 0 Å². The Kier molecular flexibility index (Phi) is 3.44. The van der Waals surface area contributed by atoms with Crippen LogP contribution in [0.3, 0.4) is 0 Å². The van der Waals surface area contributed by atoms with Crippen LogP contribution in [0, 0.1) is 0 Å². The summed E-state index contributed by atoms with van der Waals surface area (Å²) in [5.74, 6) is 0. The number of hydrogen-bond acceptors (Lipinski definition) is 3. The van der Waals surface area contributed by atoms with Gasteiger partial charge in [-0.1, -0.05) is 11.6 Å². The predicted molar refractivity (Wildman–Crippen MR) is 63.4 cm³/mol. The Morgan fingerprint density at radius 1 is 1.60 bits per heavy atom. The lowest BCUT2D eigenvalue weighted by molar-refractivity contribution is 0.389. The molecular formula is C11H16ClN3. The highest BCUT2D eigenvalue weighted by atomic mass is 35.5. The van der Waals surface area contributed by atoms with E-state index in [0.717, 1.165) is 12.2 Å². The summed E-state index contributed by atoms with van der Waals surface area (Å²) in [6, 6.07) is 2.87. The number of aromatic nitrogens is 1. The average molecular weight is 226 g/mol. The van der Waals surface area contributed by atoms with Crippen molar-refractivity contribution >= 4 is 17.3 Å². The summed E-state index contributed by atoms with van der Waals surface area (Å²) in [5.41, 5.74) is 0.979. The molecule has 4 heteroatoms. The summed E-state index contributed by atoms with van der Waals surface area (Å²) in [6.07, 6.45) is 5.83. The normalized spacial score (nSPS) is 26.3. The first-order chi connectivity index (χ1) is 7.27. The monoisotopic (exact) mass is 225 g/mol. The third-order valence-electron chi connectivity index (χ3n) is 2.88. The van der Waals surface area contributed by atoms with Crippen molar-refractivity contribution in [2.75, 3.05) is 11.9 Å². The maximum atomic E-state index is 6.05. The Bertz CT molecular complexity index is 329. The molecule has 2 heterocycles. The number of nitrogens with one attached hydrogen (secondary N) is 2. The van der Waals surface area contributed by atoms with Crippen molar-refractivity contribution in [1.82, 2.24) is 10.3 Å². The van der Waals surface area contributed by atoms with Crippen molar-refractivity contribution in [3.8, 4) is 0 Å². The summed E-state index contributed by atoms with van der Waals surface area (Å²) in [4.78, 5) is 3.97. The number of piperidine rings is 1. The number of rotatable bonds is 2. The molecule has 2 N–H and O–H groups in total. The highest BCUT2D eigenvalue weighted by Crippen LogP contribution is 2.22. The van der Waals surface area contributed by atoms with Crippen LogP contribution in [0.4, 0.5) is 5.69 Å². The Labute approximate surface area is 95.2 Å². The van der Waals surface area contributed by atoms with Crippen LogP contribution < -0.4 is 10.6 Å². The highest BCUT2D eigenvalue weighted by molar-refractivity contribution is 6.33. The Balaban J connectivity index is 2.04. The van der Waals surface area contributed by atoms with Gasteiger partial charge in [0.05, 0.1) is 10.7 Å². The first-order valence-corrected chi connectivity index (χ1v) is 5.74. The summed E-state index contributed by atoms with van der Waals surface area (Å²) in [5, 5.41) is 7.61. The van der Waals surface area contributed by atoms with Gasteiger partial charge in [0.2, 0.25) is 0 Å². The lowest BCUT2D eigenvalue weighted by Crippen LogP contribution is -2.46.